The van der Waals surface area contributed by atoms with Crippen molar-refractivity contribution in [3.63, 3.8) is 0 Å². The average molecular weight is 446 g/mol. The number of esters is 1. The first-order valence-electron chi connectivity index (χ1n) is 10.0. The van der Waals surface area contributed by atoms with Crippen LogP contribution in [0.15, 0.2) is 53.3 Å². The summed E-state index contributed by atoms with van der Waals surface area (Å²) in [6.45, 7) is 1.68. The molecule has 166 valence electrons. The quantitative estimate of drug-likeness (QED) is 0.434. The van der Waals surface area contributed by atoms with E-state index in [4.69, 9.17) is 4.74 Å². The molecule has 0 saturated heterocycles. The Morgan fingerprint density at radius 1 is 1.15 bits per heavy atom. The number of carbonyl (C=O) groups excluding carboxylic acids is 1. The molecule has 0 radical (unpaired) electrons. The molecule has 0 saturated carbocycles. The first kappa shape index (κ1) is 21.7. The second-order valence-electron chi connectivity index (χ2n) is 7.26. The predicted octanol–water partition coefficient (Wildman–Crippen LogP) is 2.80. The van der Waals surface area contributed by atoms with Gasteiger partial charge in [-0.1, -0.05) is 12.1 Å². The molecule has 0 aliphatic rings. The third kappa shape index (κ3) is 3.80. The van der Waals surface area contributed by atoms with Gasteiger partial charge < -0.3 is 9.64 Å². The summed E-state index contributed by atoms with van der Waals surface area (Å²) in [5.41, 5.74) is 0.985. The minimum Gasteiger partial charge on any atom is -0.460 e. The van der Waals surface area contributed by atoms with Crippen LogP contribution in [-0.4, -0.2) is 45.8 Å². The average Bonchev–Trinajstić information content (AvgIpc) is 3.20. The summed E-state index contributed by atoms with van der Waals surface area (Å²) < 4.78 is 20.7. The molecule has 0 aliphatic heterocycles. The van der Waals surface area contributed by atoms with Gasteiger partial charge in [0.15, 0.2) is 0 Å². The summed E-state index contributed by atoms with van der Waals surface area (Å²) in [5.74, 6) is -1.65. The number of aromatic nitrogens is 4. The van der Waals surface area contributed by atoms with Crippen molar-refractivity contribution in [2.75, 3.05) is 25.6 Å². The molecule has 0 unspecified atom stereocenters. The number of hydrogen-bond acceptors (Lipinski definition) is 7. The van der Waals surface area contributed by atoms with Gasteiger partial charge in [-0.05, 0) is 43.3 Å². The SMILES string of the molecule is CCOC(=O)c1nn(-c2ccc(F)cc2)c2nc(-c3ccc(N(C)C)cc3)c(C#N)c(=O)n12. The van der Waals surface area contributed by atoms with E-state index in [0.717, 1.165) is 10.1 Å². The lowest BCUT2D eigenvalue weighted by atomic mass is 10.1. The van der Waals surface area contributed by atoms with E-state index in [1.54, 1.807) is 19.1 Å². The molecule has 2 heterocycles. The Labute approximate surface area is 187 Å². The zero-order chi connectivity index (χ0) is 23.7. The van der Waals surface area contributed by atoms with Crippen molar-refractivity contribution in [2.24, 2.45) is 0 Å². The van der Waals surface area contributed by atoms with Gasteiger partial charge in [0.1, 0.15) is 17.4 Å². The van der Waals surface area contributed by atoms with Crippen LogP contribution in [-0.2, 0) is 4.74 Å². The normalized spacial score (nSPS) is 10.8. The van der Waals surface area contributed by atoms with Crippen LogP contribution >= 0.6 is 0 Å². The lowest BCUT2D eigenvalue weighted by Gasteiger charge is -2.13. The first-order chi connectivity index (χ1) is 15.8. The molecule has 0 fully saturated rings. The number of nitriles is 1. The molecule has 0 bridgehead atoms. The number of ether oxygens (including phenoxy) is 1. The predicted molar refractivity (Wildman–Crippen MR) is 119 cm³/mol. The van der Waals surface area contributed by atoms with E-state index in [-0.39, 0.29) is 29.5 Å². The monoisotopic (exact) mass is 446 g/mol. The lowest BCUT2D eigenvalue weighted by molar-refractivity contribution is 0.0509. The molecular formula is C23H19FN6O3. The molecule has 0 spiro atoms. The van der Waals surface area contributed by atoms with Crippen LogP contribution in [0, 0.1) is 17.1 Å². The van der Waals surface area contributed by atoms with Crippen molar-refractivity contribution < 1.29 is 13.9 Å². The van der Waals surface area contributed by atoms with Crippen LogP contribution in [0.1, 0.15) is 23.1 Å². The van der Waals surface area contributed by atoms with Crippen molar-refractivity contribution >= 4 is 17.4 Å². The fraction of sp³-hybridized carbons (Fsp3) is 0.174. The highest BCUT2D eigenvalue weighted by molar-refractivity contribution is 5.86. The zero-order valence-electron chi connectivity index (χ0n) is 18.1. The molecule has 4 aromatic rings. The third-order valence-electron chi connectivity index (χ3n) is 4.96. The van der Waals surface area contributed by atoms with Crippen molar-refractivity contribution in [3.05, 3.63) is 76.1 Å². The summed E-state index contributed by atoms with van der Waals surface area (Å²) in [6, 6.07) is 14.4. The van der Waals surface area contributed by atoms with Crippen LogP contribution < -0.4 is 10.5 Å². The van der Waals surface area contributed by atoms with E-state index in [0.29, 0.717) is 11.3 Å². The maximum absolute atomic E-state index is 13.5. The molecule has 9 nitrogen and oxygen atoms in total. The Balaban J connectivity index is 2.04. The molecule has 10 heteroatoms. The number of halogens is 1. The second-order valence-corrected chi connectivity index (χ2v) is 7.26. The van der Waals surface area contributed by atoms with Crippen molar-refractivity contribution in [1.82, 2.24) is 19.2 Å². The summed E-state index contributed by atoms with van der Waals surface area (Å²) in [5, 5.41) is 14.0. The van der Waals surface area contributed by atoms with Gasteiger partial charge in [-0.15, -0.1) is 5.10 Å². The molecule has 4 rings (SSSR count). The number of benzene rings is 2. The van der Waals surface area contributed by atoms with Gasteiger partial charge >= 0.3 is 5.97 Å². The van der Waals surface area contributed by atoms with E-state index in [1.165, 1.54) is 28.9 Å². The number of hydrogen-bond donors (Lipinski definition) is 0. The van der Waals surface area contributed by atoms with Crippen molar-refractivity contribution in [2.45, 2.75) is 6.92 Å². The minimum absolute atomic E-state index is 0.0136. The highest BCUT2D eigenvalue weighted by Gasteiger charge is 2.25. The first-order valence-corrected chi connectivity index (χ1v) is 10.0. The standard InChI is InChI=1S/C23H19FN6O3/c1-4-33-22(32)20-27-30(17-11-7-15(24)8-12-17)23-26-19(18(13-25)21(31)29(20)23)14-5-9-16(10-6-14)28(2)3/h5-12H,4H2,1-3H3. The maximum Gasteiger partial charge on any atom is 0.376 e. The molecule has 33 heavy (non-hydrogen) atoms. The summed E-state index contributed by atoms with van der Waals surface area (Å²) in [7, 11) is 3.79. The Kier molecular flexibility index (Phi) is 5.62. The van der Waals surface area contributed by atoms with E-state index < -0.39 is 17.3 Å². The summed E-state index contributed by atoms with van der Waals surface area (Å²) >= 11 is 0. The van der Waals surface area contributed by atoms with Crippen LogP contribution in [0.2, 0.25) is 0 Å². The minimum atomic E-state index is -0.848. The highest BCUT2D eigenvalue weighted by atomic mass is 19.1. The number of anilines is 1. The van der Waals surface area contributed by atoms with E-state index in [1.807, 2.05) is 37.2 Å². The number of nitrogens with zero attached hydrogens (tertiary/aromatic N) is 6. The largest absolute Gasteiger partial charge is 0.460 e. The van der Waals surface area contributed by atoms with Gasteiger partial charge in [-0.3, -0.25) is 4.79 Å². The molecule has 0 N–H and O–H groups in total. The van der Waals surface area contributed by atoms with Crippen LogP contribution in [0.25, 0.3) is 22.7 Å². The van der Waals surface area contributed by atoms with Crippen molar-refractivity contribution in [1.29, 1.82) is 5.26 Å². The van der Waals surface area contributed by atoms with Gasteiger partial charge in [-0.2, -0.15) is 9.94 Å². The van der Waals surface area contributed by atoms with Gasteiger partial charge in [0, 0.05) is 25.3 Å². The molecule has 0 aliphatic carbocycles. The lowest BCUT2D eigenvalue weighted by Crippen LogP contribution is -2.23. The Morgan fingerprint density at radius 2 is 1.82 bits per heavy atom. The Morgan fingerprint density at radius 3 is 2.39 bits per heavy atom. The Bertz CT molecular complexity index is 1450. The van der Waals surface area contributed by atoms with E-state index >= 15 is 0 Å². The number of fused-ring (bicyclic) bond motifs is 1. The topological polar surface area (TPSA) is 106 Å². The summed E-state index contributed by atoms with van der Waals surface area (Å²) in [4.78, 5) is 32.3. The van der Waals surface area contributed by atoms with E-state index in [2.05, 4.69) is 10.1 Å². The smallest absolute Gasteiger partial charge is 0.376 e. The third-order valence-corrected chi connectivity index (χ3v) is 4.96. The molecule has 0 amide bonds. The highest BCUT2D eigenvalue weighted by Crippen LogP contribution is 2.24. The fourth-order valence-corrected chi connectivity index (χ4v) is 3.34. The van der Waals surface area contributed by atoms with Gasteiger partial charge in [-0.25, -0.2) is 18.6 Å². The summed E-state index contributed by atoms with van der Waals surface area (Å²) in [6.07, 6.45) is 0. The molecule has 0 atom stereocenters. The van der Waals surface area contributed by atoms with Crippen LogP contribution in [0.5, 0.6) is 0 Å². The Hall–Kier alpha value is -4.52. The second kappa shape index (κ2) is 8.55. The number of rotatable bonds is 5. The van der Waals surface area contributed by atoms with Crippen molar-refractivity contribution in [3.8, 4) is 23.0 Å². The molecule has 2 aromatic heterocycles. The van der Waals surface area contributed by atoms with Crippen LogP contribution in [0.3, 0.4) is 0 Å². The van der Waals surface area contributed by atoms with E-state index in [9.17, 15) is 19.2 Å². The fourth-order valence-electron chi connectivity index (χ4n) is 3.34. The number of carbonyl (C=O) groups is 1. The zero-order valence-corrected chi connectivity index (χ0v) is 18.1. The van der Waals surface area contributed by atoms with Gasteiger partial charge in [0.25, 0.3) is 5.56 Å². The van der Waals surface area contributed by atoms with Gasteiger partial charge in [0.05, 0.1) is 18.0 Å². The van der Waals surface area contributed by atoms with Crippen LogP contribution in [0.4, 0.5) is 10.1 Å². The molecular weight excluding hydrogens is 427 g/mol. The van der Waals surface area contributed by atoms with Gasteiger partial charge in [0.2, 0.25) is 11.6 Å². The molecule has 2 aromatic carbocycles. The maximum atomic E-state index is 13.5.